The topological polar surface area (TPSA) is 90.9 Å². The van der Waals surface area contributed by atoms with Crippen molar-refractivity contribution in [3.05, 3.63) is 10.6 Å². The molecule has 0 aliphatic carbocycles. The molecule has 1 heterocycles. The lowest BCUT2D eigenvalue weighted by Crippen LogP contribution is -1.98. The maximum Gasteiger partial charge on any atom is 0.375 e. The van der Waals surface area contributed by atoms with E-state index in [0.717, 1.165) is 0 Å². The van der Waals surface area contributed by atoms with Gasteiger partial charge in [-0.15, -0.1) is 5.10 Å². The van der Waals surface area contributed by atoms with E-state index in [9.17, 15) is 4.79 Å². The van der Waals surface area contributed by atoms with Gasteiger partial charge in [0.15, 0.2) is 4.73 Å². The first kappa shape index (κ1) is 11.1. The van der Waals surface area contributed by atoms with Gasteiger partial charge in [-0.2, -0.15) is 4.98 Å². The summed E-state index contributed by atoms with van der Waals surface area (Å²) in [5, 5.41) is 16.6. The molecule has 1 aromatic heterocycles. The van der Waals surface area contributed by atoms with Gasteiger partial charge in [-0.1, -0.05) is 0 Å². The average molecular weight is 237 g/mol. The van der Waals surface area contributed by atoms with Gasteiger partial charge in [0.1, 0.15) is 0 Å². The Hall–Kier alpha value is -0.950. The number of aromatic carboxylic acids is 1. The van der Waals surface area contributed by atoms with Gasteiger partial charge in [0, 0.05) is 0 Å². The number of halogens is 1. The van der Waals surface area contributed by atoms with Gasteiger partial charge in [-0.25, -0.2) is 4.79 Å². The molecule has 0 atom stereocenters. The van der Waals surface area contributed by atoms with Crippen LogP contribution < -0.4 is 5.32 Å². The summed E-state index contributed by atoms with van der Waals surface area (Å²) < 4.78 is 0.319. The molecule has 0 radical (unpaired) electrons. The number of hydrogen-bond acceptors (Lipinski definition) is 4. The van der Waals surface area contributed by atoms with E-state index < -0.39 is 5.97 Å². The van der Waals surface area contributed by atoms with E-state index >= 15 is 0 Å². The van der Waals surface area contributed by atoms with Crippen molar-refractivity contribution in [3.63, 3.8) is 0 Å². The summed E-state index contributed by atoms with van der Waals surface area (Å²) in [4.78, 5) is 13.5. The number of carboxylic acids is 1. The van der Waals surface area contributed by atoms with Crippen molar-refractivity contribution in [1.29, 1.82) is 0 Å². The molecule has 68 valence electrons. The molecule has 0 spiro atoms. The Balaban J connectivity index is 0.000000354. The molecule has 0 bridgehead atoms. The zero-order chi connectivity index (χ0) is 9.56. The summed E-state index contributed by atoms with van der Waals surface area (Å²) in [5.74, 6) is -1.38. The molecule has 12 heavy (non-hydrogen) atoms. The summed E-state index contributed by atoms with van der Waals surface area (Å²) in [6.07, 6.45) is 0. The molecular weight excluding hydrogens is 228 g/mol. The van der Waals surface area contributed by atoms with Crippen LogP contribution in [0.5, 0.6) is 0 Å². The van der Waals surface area contributed by atoms with Gasteiger partial charge in [0.05, 0.1) is 0 Å². The molecule has 7 heteroatoms. The van der Waals surface area contributed by atoms with Crippen molar-refractivity contribution >= 4 is 21.9 Å². The van der Waals surface area contributed by atoms with Crippen molar-refractivity contribution in [2.24, 2.45) is 0 Å². The standard InChI is InChI=1S/C3H2BrN3O2.C2H7N/c4-3-5-1(2(8)9)6-7-3;1-3-2/h(H,8,9)(H,5,6,7);3H,1-2H3. The maximum atomic E-state index is 10.0. The number of nitrogens with one attached hydrogen (secondary N) is 2. The minimum Gasteiger partial charge on any atom is -0.475 e. The van der Waals surface area contributed by atoms with Crippen LogP contribution in [0.1, 0.15) is 10.6 Å². The number of hydrogen-bond donors (Lipinski definition) is 3. The fourth-order valence-electron chi connectivity index (χ4n) is 0.338. The van der Waals surface area contributed by atoms with Gasteiger partial charge in [-0.05, 0) is 30.0 Å². The predicted molar refractivity (Wildman–Crippen MR) is 46.0 cm³/mol. The van der Waals surface area contributed by atoms with E-state index in [4.69, 9.17) is 5.11 Å². The SMILES string of the molecule is CNC.O=C(O)c1n[nH]c(Br)n1. The molecule has 0 aliphatic heterocycles. The second kappa shape index (κ2) is 5.67. The normalized spacial score (nSPS) is 8.58. The molecule has 1 rings (SSSR count). The summed E-state index contributed by atoms with van der Waals surface area (Å²) in [6, 6.07) is 0. The molecule has 6 nitrogen and oxygen atoms in total. The zero-order valence-electron chi connectivity index (χ0n) is 6.63. The van der Waals surface area contributed by atoms with E-state index in [1.165, 1.54) is 0 Å². The van der Waals surface area contributed by atoms with Crippen LogP contribution in [-0.2, 0) is 0 Å². The monoisotopic (exact) mass is 236 g/mol. The van der Waals surface area contributed by atoms with Gasteiger partial charge in [-0.3, -0.25) is 5.10 Å². The Morgan fingerprint density at radius 1 is 1.67 bits per heavy atom. The highest BCUT2D eigenvalue weighted by Crippen LogP contribution is 1.99. The van der Waals surface area contributed by atoms with Gasteiger partial charge >= 0.3 is 5.97 Å². The lowest BCUT2D eigenvalue weighted by Gasteiger charge is -1.76. The van der Waals surface area contributed by atoms with Gasteiger partial charge in [0.25, 0.3) is 5.82 Å². The van der Waals surface area contributed by atoms with Crippen molar-refractivity contribution in [1.82, 2.24) is 20.5 Å². The summed E-state index contributed by atoms with van der Waals surface area (Å²) in [6.45, 7) is 0. The molecule has 0 saturated carbocycles. The molecule has 0 aliphatic rings. The minimum absolute atomic E-state index is 0.234. The molecule has 1 aromatic rings. The Bertz CT molecular complexity index is 249. The lowest BCUT2D eigenvalue weighted by molar-refractivity contribution is 0.0684. The van der Waals surface area contributed by atoms with E-state index in [2.05, 4.69) is 36.4 Å². The van der Waals surface area contributed by atoms with Crippen LogP contribution in [0.15, 0.2) is 4.73 Å². The first-order valence-corrected chi connectivity index (χ1v) is 3.80. The molecular formula is C5H9BrN4O2. The van der Waals surface area contributed by atoms with E-state index in [1.807, 2.05) is 14.1 Å². The Morgan fingerprint density at radius 2 is 2.17 bits per heavy atom. The fourth-order valence-corrected chi connectivity index (χ4v) is 0.594. The number of carboxylic acid groups (broad SMARTS) is 1. The third-order valence-electron chi connectivity index (χ3n) is 0.649. The van der Waals surface area contributed by atoms with Gasteiger partial charge in [0.2, 0.25) is 0 Å². The van der Waals surface area contributed by atoms with Crippen LogP contribution >= 0.6 is 15.9 Å². The van der Waals surface area contributed by atoms with Crippen LogP contribution in [0.3, 0.4) is 0 Å². The largest absolute Gasteiger partial charge is 0.475 e. The molecule has 0 aromatic carbocycles. The van der Waals surface area contributed by atoms with Crippen LogP contribution in [0, 0.1) is 0 Å². The summed E-state index contributed by atoms with van der Waals surface area (Å²) >= 11 is 2.91. The van der Waals surface area contributed by atoms with Crippen molar-refractivity contribution < 1.29 is 9.90 Å². The quantitative estimate of drug-likeness (QED) is 0.644. The molecule has 0 amide bonds. The van der Waals surface area contributed by atoms with Crippen LogP contribution in [0.4, 0.5) is 0 Å². The van der Waals surface area contributed by atoms with Crippen molar-refractivity contribution in [2.75, 3.05) is 14.1 Å². The Labute approximate surface area is 77.5 Å². The van der Waals surface area contributed by atoms with E-state index in [0.29, 0.717) is 4.73 Å². The average Bonchev–Trinajstić information content (AvgIpc) is 2.37. The van der Waals surface area contributed by atoms with Crippen molar-refractivity contribution in [2.45, 2.75) is 0 Å². The molecule has 0 saturated heterocycles. The van der Waals surface area contributed by atoms with Gasteiger partial charge < -0.3 is 10.4 Å². The fraction of sp³-hybridized carbons (Fsp3) is 0.400. The summed E-state index contributed by atoms with van der Waals surface area (Å²) in [5.41, 5.74) is 0. The second-order valence-electron chi connectivity index (χ2n) is 1.75. The summed E-state index contributed by atoms with van der Waals surface area (Å²) in [7, 11) is 3.75. The van der Waals surface area contributed by atoms with Crippen LogP contribution in [0.2, 0.25) is 0 Å². The number of carbonyl (C=O) groups is 1. The molecule has 0 fully saturated rings. The highest BCUT2D eigenvalue weighted by Gasteiger charge is 2.07. The Kier molecular flexibility index (Phi) is 5.22. The number of aromatic nitrogens is 3. The first-order chi connectivity index (χ1) is 5.61. The minimum atomic E-state index is -1.14. The number of nitrogens with zero attached hydrogens (tertiary/aromatic N) is 2. The number of aromatic amines is 1. The number of H-pyrrole nitrogens is 1. The molecule has 3 N–H and O–H groups in total. The highest BCUT2D eigenvalue weighted by molar-refractivity contribution is 9.10. The maximum absolute atomic E-state index is 10.0. The highest BCUT2D eigenvalue weighted by atomic mass is 79.9. The second-order valence-corrected chi connectivity index (χ2v) is 2.51. The zero-order valence-corrected chi connectivity index (χ0v) is 8.21. The molecule has 0 unspecified atom stereocenters. The number of rotatable bonds is 1. The third-order valence-corrected chi connectivity index (χ3v) is 1.00. The Morgan fingerprint density at radius 3 is 2.33 bits per heavy atom. The van der Waals surface area contributed by atoms with E-state index in [-0.39, 0.29) is 5.82 Å². The first-order valence-electron chi connectivity index (χ1n) is 3.01. The third kappa shape index (κ3) is 4.04. The predicted octanol–water partition coefficient (Wildman–Crippen LogP) is 0.101. The van der Waals surface area contributed by atoms with E-state index in [1.54, 1.807) is 0 Å². The van der Waals surface area contributed by atoms with Crippen LogP contribution in [-0.4, -0.2) is 40.4 Å². The van der Waals surface area contributed by atoms with Crippen molar-refractivity contribution in [3.8, 4) is 0 Å². The van der Waals surface area contributed by atoms with Crippen LogP contribution in [0.25, 0.3) is 0 Å². The lowest BCUT2D eigenvalue weighted by atomic mass is 10.7. The smallest absolute Gasteiger partial charge is 0.375 e.